The van der Waals surface area contributed by atoms with Gasteiger partial charge in [-0.05, 0) is 29.8 Å². The summed E-state index contributed by atoms with van der Waals surface area (Å²) in [5.74, 6) is 0.860. The second kappa shape index (κ2) is 8.31. The molecule has 1 aromatic heterocycles. The molecule has 0 radical (unpaired) electrons. The molecule has 0 bridgehead atoms. The minimum absolute atomic E-state index is 0.0242. The Morgan fingerprint density at radius 1 is 1.04 bits per heavy atom. The van der Waals surface area contributed by atoms with Crippen molar-refractivity contribution < 1.29 is 13.7 Å². The number of halogens is 1. The molecule has 6 nitrogen and oxygen atoms in total. The molecule has 1 amide bonds. The molecule has 0 saturated carbocycles. The molecule has 0 unspecified atom stereocenters. The Morgan fingerprint density at radius 3 is 2.57 bits per heavy atom. The Bertz CT molecular complexity index is 936. The molecule has 0 aliphatic carbocycles. The van der Waals surface area contributed by atoms with E-state index in [1.807, 2.05) is 35.2 Å². The molecule has 3 aromatic rings. The number of rotatable bonds is 5. The average molecular weight is 380 g/mol. The minimum Gasteiger partial charge on any atom is -0.340 e. The fraction of sp³-hybridized carbons (Fsp3) is 0.286. The molecule has 2 aromatic carbocycles. The number of carbonyl (C=O) groups excluding carboxylic acids is 1. The van der Waals surface area contributed by atoms with Crippen molar-refractivity contribution in [2.24, 2.45) is 0 Å². The van der Waals surface area contributed by atoms with E-state index in [9.17, 15) is 9.18 Å². The topological polar surface area (TPSA) is 62.5 Å². The summed E-state index contributed by atoms with van der Waals surface area (Å²) in [7, 11) is 0. The van der Waals surface area contributed by atoms with Crippen LogP contribution in [0.15, 0.2) is 59.1 Å². The van der Waals surface area contributed by atoms with E-state index in [0.717, 1.165) is 18.7 Å². The maximum Gasteiger partial charge on any atom is 0.257 e. The first kappa shape index (κ1) is 18.3. The van der Waals surface area contributed by atoms with Crippen molar-refractivity contribution >= 4 is 5.91 Å². The van der Waals surface area contributed by atoms with Gasteiger partial charge in [0.25, 0.3) is 5.89 Å². The summed E-state index contributed by atoms with van der Waals surface area (Å²) in [6, 6.07) is 15.9. The summed E-state index contributed by atoms with van der Waals surface area (Å²) in [5, 5.41) is 4.06. The maximum atomic E-state index is 13.3. The number of hydrogen-bond donors (Lipinski definition) is 0. The lowest BCUT2D eigenvalue weighted by Gasteiger charge is -2.34. The number of carbonyl (C=O) groups is 1. The third-order valence-electron chi connectivity index (χ3n) is 4.82. The van der Waals surface area contributed by atoms with Crippen LogP contribution in [0, 0.1) is 5.82 Å². The van der Waals surface area contributed by atoms with Gasteiger partial charge < -0.3 is 9.42 Å². The van der Waals surface area contributed by atoms with Crippen molar-refractivity contribution in [3.63, 3.8) is 0 Å². The predicted octanol–water partition coefficient (Wildman–Crippen LogP) is 2.76. The van der Waals surface area contributed by atoms with E-state index >= 15 is 0 Å². The van der Waals surface area contributed by atoms with Gasteiger partial charge in [0.1, 0.15) is 5.82 Å². The van der Waals surface area contributed by atoms with Gasteiger partial charge in [0, 0.05) is 31.7 Å². The van der Waals surface area contributed by atoms with Crippen molar-refractivity contribution in [3.8, 4) is 11.5 Å². The Labute approximate surface area is 162 Å². The van der Waals surface area contributed by atoms with E-state index in [0.29, 0.717) is 36.9 Å². The summed E-state index contributed by atoms with van der Waals surface area (Å²) in [6.45, 7) is 3.34. The first-order chi connectivity index (χ1) is 13.7. The lowest BCUT2D eigenvalue weighted by molar-refractivity contribution is -0.132. The van der Waals surface area contributed by atoms with Crippen LogP contribution in [0.4, 0.5) is 4.39 Å². The van der Waals surface area contributed by atoms with Gasteiger partial charge in [0.2, 0.25) is 5.91 Å². The van der Waals surface area contributed by atoms with Crippen LogP contribution >= 0.6 is 0 Å². The molecule has 0 atom stereocenters. The van der Waals surface area contributed by atoms with E-state index in [1.54, 1.807) is 12.1 Å². The number of aromatic nitrogens is 2. The minimum atomic E-state index is -0.315. The van der Waals surface area contributed by atoms with E-state index in [1.165, 1.54) is 12.1 Å². The molecule has 28 heavy (non-hydrogen) atoms. The zero-order valence-corrected chi connectivity index (χ0v) is 15.4. The van der Waals surface area contributed by atoms with Gasteiger partial charge in [-0.3, -0.25) is 9.69 Å². The van der Waals surface area contributed by atoms with Crippen LogP contribution in [0.1, 0.15) is 11.4 Å². The summed E-state index contributed by atoms with van der Waals surface area (Å²) in [4.78, 5) is 20.9. The molecule has 1 aliphatic heterocycles. The van der Waals surface area contributed by atoms with Crippen molar-refractivity contribution in [2.45, 2.75) is 13.0 Å². The molecule has 1 saturated heterocycles. The maximum absolute atomic E-state index is 13.3. The van der Waals surface area contributed by atoms with Gasteiger partial charge >= 0.3 is 0 Å². The first-order valence-electron chi connectivity index (χ1n) is 9.30. The second-order valence-electron chi connectivity index (χ2n) is 6.85. The molecule has 0 spiro atoms. The van der Waals surface area contributed by atoms with Crippen molar-refractivity contribution in [1.82, 2.24) is 19.9 Å². The van der Waals surface area contributed by atoms with Crippen LogP contribution in [0.5, 0.6) is 0 Å². The summed E-state index contributed by atoms with van der Waals surface area (Å²) in [5.41, 5.74) is 1.60. The highest BCUT2D eigenvalue weighted by molar-refractivity contribution is 5.78. The van der Waals surface area contributed by atoms with Gasteiger partial charge in [-0.1, -0.05) is 35.5 Å². The highest BCUT2D eigenvalue weighted by Crippen LogP contribution is 2.17. The van der Waals surface area contributed by atoms with Crippen molar-refractivity contribution in [2.75, 3.05) is 26.2 Å². The fourth-order valence-electron chi connectivity index (χ4n) is 3.30. The second-order valence-corrected chi connectivity index (χ2v) is 6.85. The monoisotopic (exact) mass is 380 g/mol. The lowest BCUT2D eigenvalue weighted by atomic mass is 10.1. The Hall–Kier alpha value is -3.06. The highest BCUT2D eigenvalue weighted by atomic mass is 19.1. The SMILES string of the molecule is O=C(Cc1cccc(F)c1)N1CCN(Cc2noc(-c3ccccc3)n2)CC1. The molecule has 1 aliphatic rings. The number of amides is 1. The standard InChI is InChI=1S/C21H21FN4O2/c22-18-8-4-5-16(13-18)14-20(27)26-11-9-25(10-12-26)15-19-23-21(28-24-19)17-6-2-1-3-7-17/h1-8,13H,9-12,14-15H2. The van der Waals surface area contributed by atoms with Crippen LogP contribution in [0.3, 0.4) is 0 Å². The van der Waals surface area contributed by atoms with E-state index in [-0.39, 0.29) is 18.1 Å². The Kier molecular flexibility index (Phi) is 5.43. The Balaban J connectivity index is 1.28. The summed E-state index contributed by atoms with van der Waals surface area (Å²) >= 11 is 0. The molecule has 0 N–H and O–H groups in total. The van der Waals surface area contributed by atoms with Crippen molar-refractivity contribution in [3.05, 3.63) is 71.8 Å². The van der Waals surface area contributed by atoms with Crippen LogP contribution in [-0.4, -0.2) is 52.0 Å². The number of benzene rings is 2. The van der Waals surface area contributed by atoms with E-state index in [4.69, 9.17) is 4.52 Å². The van der Waals surface area contributed by atoms with Gasteiger partial charge in [-0.15, -0.1) is 0 Å². The van der Waals surface area contributed by atoms with Crippen LogP contribution in [-0.2, 0) is 17.8 Å². The highest BCUT2D eigenvalue weighted by Gasteiger charge is 2.22. The van der Waals surface area contributed by atoms with E-state index in [2.05, 4.69) is 15.0 Å². The van der Waals surface area contributed by atoms with Crippen LogP contribution in [0.2, 0.25) is 0 Å². The number of hydrogen-bond acceptors (Lipinski definition) is 5. The van der Waals surface area contributed by atoms with Gasteiger partial charge in [0.15, 0.2) is 5.82 Å². The van der Waals surface area contributed by atoms with E-state index < -0.39 is 0 Å². The first-order valence-corrected chi connectivity index (χ1v) is 9.30. The molecule has 7 heteroatoms. The van der Waals surface area contributed by atoms with Crippen LogP contribution in [0.25, 0.3) is 11.5 Å². The Morgan fingerprint density at radius 2 is 1.82 bits per heavy atom. The molecule has 144 valence electrons. The molecular formula is C21H21FN4O2. The van der Waals surface area contributed by atoms with Crippen molar-refractivity contribution in [1.29, 1.82) is 0 Å². The summed E-state index contributed by atoms with van der Waals surface area (Å²) in [6.07, 6.45) is 0.225. The lowest BCUT2D eigenvalue weighted by Crippen LogP contribution is -2.48. The van der Waals surface area contributed by atoms with Gasteiger partial charge in [-0.25, -0.2) is 4.39 Å². The normalized spacial score (nSPS) is 15.0. The number of piperazine rings is 1. The van der Waals surface area contributed by atoms with Gasteiger partial charge in [0.05, 0.1) is 13.0 Å². The zero-order valence-electron chi connectivity index (χ0n) is 15.4. The molecule has 4 rings (SSSR count). The smallest absolute Gasteiger partial charge is 0.257 e. The molecule has 2 heterocycles. The predicted molar refractivity (Wildman–Crippen MR) is 102 cm³/mol. The van der Waals surface area contributed by atoms with Crippen LogP contribution < -0.4 is 0 Å². The molecular weight excluding hydrogens is 359 g/mol. The average Bonchev–Trinajstić information content (AvgIpc) is 3.18. The largest absolute Gasteiger partial charge is 0.340 e. The molecule has 1 fully saturated rings. The zero-order chi connectivity index (χ0) is 19.3. The summed E-state index contributed by atoms with van der Waals surface area (Å²) < 4.78 is 18.6. The number of nitrogens with zero attached hydrogens (tertiary/aromatic N) is 4. The quantitative estimate of drug-likeness (QED) is 0.681. The third kappa shape index (κ3) is 4.43. The van der Waals surface area contributed by atoms with Gasteiger partial charge in [-0.2, -0.15) is 4.98 Å². The third-order valence-corrected chi connectivity index (χ3v) is 4.82. The fourth-order valence-corrected chi connectivity index (χ4v) is 3.30.